The molecule has 0 aliphatic carbocycles. The zero-order chi connectivity index (χ0) is 13.9. The van der Waals surface area contributed by atoms with E-state index in [4.69, 9.17) is 0 Å². The number of nitrogens with one attached hydrogen (secondary N) is 1. The maximum atomic E-state index is 12.6. The first kappa shape index (κ1) is 13.9. The molecule has 20 heavy (non-hydrogen) atoms. The quantitative estimate of drug-likeness (QED) is 0.805. The summed E-state index contributed by atoms with van der Waals surface area (Å²) in [5, 5.41) is 2.82. The molecule has 0 spiro atoms. The Hall–Kier alpha value is -1.10. The number of nitrogens with zero attached hydrogens (tertiary/aromatic N) is 2. The molecule has 3 aliphatic heterocycles. The summed E-state index contributed by atoms with van der Waals surface area (Å²) < 4.78 is 0. The second-order valence-electron chi connectivity index (χ2n) is 6.36. The van der Waals surface area contributed by atoms with E-state index in [0.717, 1.165) is 25.9 Å². The number of likely N-dealkylation sites (tertiary alicyclic amines) is 2. The minimum Gasteiger partial charge on any atom is -0.355 e. The number of amides is 2. The van der Waals surface area contributed by atoms with Crippen LogP contribution in [0, 0.1) is 5.92 Å². The molecule has 0 aromatic carbocycles. The average Bonchev–Trinajstić information content (AvgIpc) is 3.02. The molecule has 0 aromatic heterocycles. The van der Waals surface area contributed by atoms with Gasteiger partial charge in [0.1, 0.15) is 0 Å². The van der Waals surface area contributed by atoms with Gasteiger partial charge in [0, 0.05) is 32.1 Å². The zero-order valence-corrected chi connectivity index (χ0v) is 12.1. The van der Waals surface area contributed by atoms with Crippen molar-refractivity contribution >= 4 is 11.8 Å². The maximum absolute atomic E-state index is 12.6. The van der Waals surface area contributed by atoms with Gasteiger partial charge in [0.25, 0.3) is 0 Å². The summed E-state index contributed by atoms with van der Waals surface area (Å²) in [6.07, 6.45) is 6.17. The van der Waals surface area contributed by atoms with Crippen molar-refractivity contribution in [2.24, 2.45) is 5.92 Å². The van der Waals surface area contributed by atoms with Gasteiger partial charge in [-0.3, -0.25) is 14.5 Å². The van der Waals surface area contributed by atoms with E-state index in [9.17, 15) is 9.59 Å². The normalized spacial score (nSPS) is 32.2. The average molecular weight is 279 g/mol. The van der Waals surface area contributed by atoms with E-state index in [0.29, 0.717) is 19.0 Å². The Morgan fingerprint density at radius 1 is 1.10 bits per heavy atom. The van der Waals surface area contributed by atoms with E-state index in [-0.39, 0.29) is 17.7 Å². The number of rotatable bonds is 2. The van der Waals surface area contributed by atoms with Gasteiger partial charge < -0.3 is 10.2 Å². The molecule has 2 atom stereocenters. The van der Waals surface area contributed by atoms with E-state index in [1.807, 2.05) is 0 Å². The van der Waals surface area contributed by atoms with Crippen molar-refractivity contribution in [3.05, 3.63) is 0 Å². The first-order chi connectivity index (χ1) is 9.74. The molecule has 3 fully saturated rings. The Labute approximate surface area is 120 Å². The highest BCUT2D eigenvalue weighted by atomic mass is 16.2. The molecule has 3 aliphatic rings. The molecule has 5 nitrogen and oxygen atoms in total. The van der Waals surface area contributed by atoms with Crippen LogP contribution in [0.3, 0.4) is 0 Å². The summed E-state index contributed by atoms with van der Waals surface area (Å²) >= 11 is 0. The molecule has 5 heteroatoms. The third-order valence-electron chi connectivity index (χ3n) is 4.98. The Kier molecular flexibility index (Phi) is 4.24. The third-order valence-corrected chi connectivity index (χ3v) is 4.98. The molecule has 1 N–H and O–H groups in total. The lowest BCUT2D eigenvalue weighted by molar-refractivity contribution is -0.139. The minimum atomic E-state index is 0.00466. The second-order valence-corrected chi connectivity index (χ2v) is 6.36. The first-order valence-corrected chi connectivity index (χ1v) is 8.03. The molecule has 3 saturated heterocycles. The van der Waals surface area contributed by atoms with Crippen molar-refractivity contribution in [2.75, 3.05) is 32.7 Å². The van der Waals surface area contributed by atoms with E-state index in [2.05, 4.69) is 15.1 Å². The van der Waals surface area contributed by atoms with E-state index >= 15 is 0 Å². The summed E-state index contributed by atoms with van der Waals surface area (Å²) in [6, 6.07) is 0.563. The molecule has 2 amide bonds. The van der Waals surface area contributed by atoms with Crippen molar-refractivity contribution in [2.45, 2.75) is 44.6 Å². The van der Waals surface area contributed by atoms with Crippen LogP contribution in [-0.4, -0.2) is 60.4 Å². The molecule has 0 radical (unpaired) electrons. The van der Waals surface area contributed by atoms with Crippen LogP contribution in [-0.2, 0) is 9.59 Å². The van der Waals surface area contributed by atoms with Gasteiger partial charge in [-0.05, 0) is 45.2 Å². The van der Waals surface area contributed by atoms with Crippen LogP contribution in [0.1, 0.15) is 38.5 Å². The van der Waals surface area contributed by atoms with Crippen molar-refractivity contribution in [1.29, 1.82) is 0 Å². The van der Waals surface area contributed by atoms with Crippen molar-refractivity contribution in [3.63, 3.8) is 0 Å². The summed E-state index contributed by atoms with van der Waals surface area (Å²) in [7, 11) is 0. The fraction of sp³-hybridized carbons (Fsp3) is 0.867. The number of carbonyl (C=O) groups is 2. The van der Waals surface area contributed by atoms with Crippen LogP contribution >= 0.6 is 0 Å². The van der Waals surface area contributed by atoms with Gasteiger partial charge in [-0.25, -0.2) is 0 Å². The van der Waals surface area contributed by atoms with Gasteiger partial charge >= 0.3 is 0 Å². The molecule has 3 rings (SSSR count). The van der Waals surface area contributed by atoms with Crippen LogP contribution in [0.2, 0.25) is 0 Å². The lowest BCUT2D eigenvalue weighted by Crippen LogP contribution is -2.52. The van der Waals surface area contributed by atoms with Gasteiger partial charge in [0.05, 0.1) is 5.92 Å². The Morgan fingerprint density at radius 2 is 1.90 bits per heavy atom. The molecule has 112 valence electrons. The van der Waals surface area contributed by atoms with Crippen LogP contribution < -0.4 is 5.32 Å². The summed E-state index contributed by atoms with van der Waals surface area (Å²) in [5.41, 5.74) is 0. The van der Waals surface area contributed by atoms with E-state index in [1.165, 1.54) is 32.4 Å². The van der Waals surface area contributed by atoms with Gasteiger partial charge in [0.15, 0.2) is 0 Å². The smallest absolute Gasteiger partial charge is 0.227 e. The summed E-state index contributed by atoms with van der Waals surface area (Å²) in [6.45, 7) is 4.72. The molecule has 0 saturated carbocycles. The molecule has 3 heterocycles. The molecule has 0 aromatic rings. The highest BCUT2D eigenvalue weighted by Gasteiger charge is 2.33. The number of hydrogen-bond acceptors (Lipinski definition) is 3. The maximum Gasteiger partial charge on any atom is 0.227 e. The lowest BCUT2D eigenvalue weighted by atomic mass is 9.95. The third kappa shape index (κ3) is 2.97. The number of piperidine rings is 2. The van der Waals surface area contributed by atoms with E-state index < -0.39 is 0 Å². The number of hydrogen-bond donors (Lipinski definition) is 1. The molecular formula is C15H25N3O2. The van der Waals surface area contributed by atoms with E-state index in [1.54, 1.807) is 0 Å². The SMILES string of the molecule is O=C1CCC(C(=O)N2CCCC(N3CCCC3)C2)CN1. The van der Waals surface area contributed by atoms with Crippen molar-refractivity contribution in [3.8, 4) is 0 Å². The Bertz CT molecular complexity index is 369. The van der Waals surface area contributed by atoms with Gasteiger partial charge in [-0.1, -0.05) is 0 Å². The largest absolute Gasteiger partial charge is 0.355 e. The fourth-order valence-corrected chi connectivity index (χ4v) is 3.76. The Morgan fingerprint density at radius 3 is 2.60 bits per heavy atom. The van der Waals surface area contributed by atoms with Crippen molar-refractivity contribution in [1.82, 2.24) is 15.1 Å². The monoisotopic (exact) mass is 279 g/mol. The first-order valence-electron chi connectivity index (χ1n) is 8.03. The summed E-state index contributed by atoms with van der Waals surface area (Å²) in [5.74, 6) is 0.349. The molecule has 0 bridgehead atoms. The fourth-order valence-electron chi connectivity index (χ4n) is 3.76. The molecular weight excluding hydrogens is 254 g/mol. The second kappa shape index (κ2) is 6.12. The lowest BCUT2D eigenvalue weighted by Gasteiger charge is -2.39. The van der Waals surface area contributed by atoms with Crippen LogP contribution in [0.15, 0.2) is 0 Å². The topological polar surface area (TPSA) is 52.7 Å². The van der Waals surface area contributed by atoms with Crippen molar-refractivity contribution < 1.29 is 9.59 Å². The van der Waals surface area contributed by atoms with Gasteiger partial charge in [-0.2, -0.15) is 0 Å². The highest BCUT2D eigenvalue weighted by molar-refractivity contribution is 5.83. The predicted octanol–water partition coefficient (Wildman–Crippen LogP) is 0.599. The minimum absolute atomic E-state index is 0.00466. The van der Waals surface area contributed by atoms with Gasteiger partial charge in [-0.15, -0.1) is 0 Å². The van der Waals surface area contributed by atoms with Crippen LogP contribution in [0.4, 0.5) is 0 Å². The number of carbonyl (C=O) groups excluding carboxylic acids is 2. The van der Waals surface area contributed by atoms with Gasteiger partial charge in [0.2, 0.25) is 11.8 Å². The van der Waals surface area contributed by atoms with Crippen LogP contribution in [0.5, 0.6) is 0 Å². The predicted molar refractivity (Wildman–Crippen MR) is 76.1 cm³/mol. The summed E-state index contributed by atoms with van der Waals surface area (Å²) in [4.78, 5) is 28.4. The highest BCUT2D eigenvalue weighted by Crippen LogP contribution is 2.23. The Balaban J connectivity index is 1.55. The standard InChI is InChI=1S/C15H25N3O2/c19-14-6-5-12(10-16-14)15(20)18-9-3-4-13(11-18)17-7-1-2-8-17/h12-13H,1-11H2,(H,16,19). The van der Waals surface area contributed by atoms with Crippen LogP contribution in [0.25, 0.3) is 0 Å². The zero-order valence-electron chi connectivity index (χ0n) is 12.1. The molecule has 2 unspecified atom stereocenters.